The highest BCUT2D eigenvalue weighted by atomic mass is 127. The van der Waals surface area contributed by atoms with Gasteiger partial charge in [-0.05, 0) is 26.2 Å². The smallest absolute Gasteiger partial charge is 0.191 e. The van der Waals surface area contributed by atoms with Crippen molar-refractivity contribution in [1.29, 1.82) is 0 Å². The van der Waals surface area contributed by atoms with Crippen LogP contribution in [0.2, 0.25) is 0 Å². The molecule has 0 bridgehead atoms. The monoisotopic (exact) mass is 423 g/mol. The molecule has 0 unspecified atom stereocenters. The van der Waals surface area contributed by atoms with Crippen molar-refractivity contribution in [1.82, 2.24) is 10.6 Å². The fourth-order valence-electron chi connectivity index (χ4n) is 1.62. The molecule has 0 saturated carbocycles. The van der Waals surface area contributed by atoms with Crippen LogP contribution in [-0.2, 0) is 6.54 Å². The molecule has 21 heavy (non-hydrogen) atoms. The van der Waals surface area contributed by atoms with Gasteiger partial charge in [0.2, 0.25) is 0 Å². The van der Waals surface area contributed by atoms with E-state index in [4.69, 9.17) is 4.74 Å². The first-order valence-corrected chi connectivity index (χ1v) is 7.86. The molecule has 0 aliphatic rings. The van der Waals surface area contributed by atoms with Crippen LogP contribution in [0, 0.1) is 0 Å². The van der Waals surface area contributed by atoms with Gasteiger partial charge in [0.05, 0.1) is 7.11 Å². The molecule has 0 aliphatic carbocycles. The first-order chi connectivity index (χ1) is 9.52. The van der Waals surface area contributed by atoms with Crippen molar-refractivity contribution >= 4 is 41.7 Å². The van der Waals surface area contributed by atoms with E-state index >= 15 is 0 Å². The van der Waals surface area contributed by atoms with Gasteiger partial charge in [-0.15, -0.1) is 24.0 Å². The molecule has 6 heteroatoms. The largest absolute Gasteiger partial charge is 0.496 e. The lowest BCUT2D eigenvalue weighted by molar-refractivity contribution is 0.409. The Bertz CT molecular complexity index is 452. The maximum atomic E-state index is 5.34. The number of benzene rings is 1. The molecule has 2 N–H and O–H groups in total. The number of ether oxygens (including phenoxy) is 1. The molecule has 0 saturated heterocycles. The Balaban J connectivity index is 0.00000400. The number of hydrogen-bond donors (Lipinski definition) is 2. The van der Waals surface area contributed by atoms with E-state index in [9.17, 15) is 0 Å². The van der Waals surface area contributed by atoms with Crippen LogP contribution in [0.3, 0.4) is 0 Å². The lowest BCUT2D eigenvalue weighted by Gasteiger charge is -2.23. The number of nitrogens with one attached hydrogen (secondary N) is 2. The molecule has 0 aliphatic heterocycles. The summed E-state index contributed by atoms with van der Waals surface area (Å²) in [6.07, 6.45) is 2.12. The molecule has 0 atom stereocenters. The molecule has 0 spiro atoms. The summed E-state index contributed by atoms with van der Waals surface area (Å²) in [5.41, 5.74) is 1.11. The second-order valence-electron chi connectivity index (χ2n) is 5.05. The summed E-state index contributed by atoms with van der Waals surface area (Å²) >= 11 is 1.83. The number of rotatable bonds is 6. The Hall–Kier alpha value is -0.630. The Morgan fingerprint density at radius 1 is 1.29 bits per heavy atom. The maximum absolute atomic E-state index is 5.34. The highest BCUT2D eigenvalue weighted by Gasteiger charge is 2.16. The van der Waals surface area contributed by atoms with Gasteiger partial charge in [-0.2, -0.15) is 11.8 Å². The summed E-state index contributed by atoms with van der Waals surface area (Å²) in [5, 5.41) is 6.65. The van der Waals surface area contributed by atoms with Gasteiger partial charge in [-0.1, -0.05) is 18.2 Å². The van der Waals surface area contributed by atoms with Gasteiger partial charge in [0, 0.05) is 30.4 Å². The van der Waals surface area contributed by atoms with Crippen LogP contribution < -0.4 is 15.4 Å². The lowest BCUT2D eigenvalue weighted by Crippen LogP contribution is -2.43. The van der Waals surface area contributed by atoms with Crippen LogP contribution >= 0.6 is 35.7 Å². The predicted molar refractivity (Wildman–Crippen MR) is 104 cm³/mol. The molecule has 1 rings (SSSR count). The number of hydrogen-bond acceptors (Lipinski definition) is 3. The summed E-state index contributed by atoms with van der Waals surface area (Å²) in [6.45, 7) is 5.96. The van der Waals surface area contributed by atoms with Gasteiger partial charge in [-0.25, -0.2) is 0 Å². The second-order valence-corrected chi connectivity index (χ2v) is 6.57. The van der Waals surface area contributed by atoms with Gasteiger partial charge in [0.1, 0.15) is 5.75 Å². The quantitative estimate of drug-likeness (QED) is 0.419. The number of aliphatic imine (C=N–C) groups is 1. The van der Waals surface area contributed by atoms with Crippen molar-refractivity contribution in [2.45, 2.75) is 25.1 Å². The predicted octanol–water partition coefficient (Wildman–Crippen LogP) is 3.12. The van der Waals surface area contributed by atoms with E-state index in [1.807, 2.05) is 36.0 Å². The van der Waals surface area contributed by atoms with E-state index in [2.05, 4.69) is 35.7 Å². The number of methoxy groups -OCH3 is 1. The summed E-state index contributed by atoms with van der Waals surface area (Å²) < 4.78 is 5.52. The van der Waals surface area contributed by atoms with Crippen LogP contribution in [0.5, 0.6) is 5.75 Å². The minimum atomic E-state index is 0. The third-order valence-corrected chi connectivity index (χ3v) is 4.35. The molecule has 120 valence electrons. The van der Waals surface area contributed by atoms with Crippen molar-refractivity contribution in [2.24, 2.45) is 4.99 Å². The molecule has 4 nitrogen and oxygen atoms in total. The van der Waals surface area contributed by atoms with Crippen molar-refractivity contribution in [2.75, 3.05) is 27.0 Å². The number of nitrogens with zero attached hydrogens (tertiary/aromatic N) is 1. The highest BCUT2D eigenvalue weighted by molar-refractivity contribution is 14.0. The zero-order chi connectivity index (χ0) is 15.0. The third-order valence-electron chi connectivity index (χ3n) is 3.10. The maximum Gasteiger partial charge on any atom is 0.191 e. The molecular formula is C15H26IN3OS. The van der Waals surface area contributed by atoms with Gasteiger partial charge < -0.3 is 15.4 Å². The fourth-order valence-corrected chi connectivity index (χ4v) is 1.83. The van der Waals surface area contributed by atoms with Gasteiger partial charge in [-0.3, -0.25) is 4.99 Å². The molecule has 0 heterocycles. The first kappa shape index (κ1) is 20.4. The highest BCUT2D eigenvalue weighted by Crippen LogP contribution is 2.19. The summed E-state index contributed by atoms with van der Waals surface area (Å²) in [4.78, 5) is 4.24. The Kier molecular flexibility index (Phi) is 9.85. The molecule has 0 aromatic heterocycles. The van der Waals surface area contributed by atoms with Crippen LogP contribution in [0.15, 0.2) is 29.3 Å². The minimum Gasteiger partial charge on any atom is -0.496 e. The molecule has 1 aromatic rings. The van der Waals surface area contributed by atoms with E-state index in [1.54, 1.807) is 14.2 Å². The van der Waals surface area contributed by atoms with Crippen molar-refractivity contribution < 1.29 is 4.74 Å². The fraction of sp³-hybridized carbons (Fsp3) is 0.533. The standard InChI is InChI=1S/C15H25N3OS.HI/c1-15(2,20-5)11-18-14(16-3)17-10-12-8-6-7-9-13(12)19-4;/h6-9H,10-11H2,1-5H3,(H2,16,17,18);1H. The zero-order valence-electron chi connectivity index (χ0n) is 13.4. The average molecular weight is 423 g/mol. The van der Waals surface area contributed by atoms with Crippen LogP contribution in [0.25, 0.3) is 0 Å². The second kappa shape index (κ2) is 10.2. The van der Waals surface area contributed by atoms with E-state index in [1.165, 1.54) is 0 Å². The normalized spacial score (nSPS) is 11.6. The SMILES string of the molecule is CN=C(NCc1ccccc1OC)NCC(C)(C)SC.I. The van der Waals surface area contributed by atoms with E-state index in [0.717, 1.165) is 23.8 Å². The van der Waals surface area contributed by atoms with E-state index < -0.39 is 0 Å². The van der Waals surface area contributed by atoms with Crippen LogP contribution in [0.4, 0.5) is 0 Å². The third kappa shape index (κ3) is 7.26. The number of guanidine groups is 1. The van der Waals surface area contributed by atoms with Gasteiger partial charge in [0.15, 0.2) is 5.96 Å². The number of para-hydroxylation sites is 1. The molecule has 0 radical (unpaired) electrons. The Morgan fingerprint density at radius 2 is 1.95 bits per heavy atom. The average Bonchev–Trinajstić information content (AvgIpc) is 2.47. The molecule has 0 amide bonds. The molecular weight excluding hydrogens is 397 g/mol. The van der Waals surface area contributed by atoms with Crippen molar-refractivity contribution in [3.05, 3.63) is 29.8 Å². The summed E-state index contributed by atoms with van der Waals surface area (Å²) in [5.74, 6) is 1.69. The van der Waals surface area contributed by atoms with Gasteiger partial charge in [0.25, 0.3) is 0 Å². The van der Waals surface area contributed by atoms with Crippen LogP contribution in [-0.4, -0.2) is 37.7 Å². The molecule has 1 aromatic carbocycles. The topological polar surface area (TPSA) is 45.7 Å². The number of thioether (sulfide) groups is 1. The van der Waals surface area contributed by atoms with E-state index in [0.29, 0.717) is 6.54 Å². The lowest BCUT2D eigenvalue weighted by atomic mass is 10.2. The summed E-state index contributed by atoms with van der Waals surface area (Å²) in [7, 11) is 3.47. The minimum absolute atomic E-state index is 0. The van der Waals surface area contributed by atoms with Crippen LogP contribution in [0.1, 0.15) is 19.4 Å². The van der Waals surface area contributed by atoms with Crippen molar-refractivity contribution in [3.8, 4) is 5.75 Å². The Morgan fingerprint density at radius 3 is 2.52 bits per heavy atom. The van der Waals surface area contributed by atoms with E-state index in [-0.39, 0.29) is 28.7 Å². The van der Waals surface area contributed by atoms with Gasteiger partial charge >= 0.3 is 0 Å². The van der Waals surface area contributed by atoms with Crippen molar-refractivity contribution in [3.63, 3.8) is 0 Å². The zero-order valence-corrected chi connectivity index (χ0v) is 16.5. The number of halogens is 1. The summed E-state index contributed by atoms with van der Waals surface area (Å²) in [6, 6.07) is 7.98. The molecule has 0 fully saturated rings. The Labute approximate surface area is 149 Å². The first-order valence-electron chi connectivity index (χ1n) is 6.64.